The number of nitrogens with one attached hydrogen (secondary N) is 1. The molecule has 0 radical (unpaired) electrons. The molecule has 1 aromatic heterocycles. The van der Waals surface area contributed by atoms with Crippen molar-refractivity contribution >= 4 is 23.3 Å². The third-order valence-corrected chi connectivity index (χ3v) is 6.12. The summed E-state index contributed by atoms with van der Waals surface area (Å²) in [6, 6.07) is 16.0. The van der Waals surface area contributed by atoms with E-state index in [-0.39, 0.29) is 12.3 Å². The maximum atomic E-state index is 11.0. The van der Waals surface area contributed by atoms with Crippen LogP contribution in [0.3, 0.4) is 0 Å². The molecule has 1 heterocycles. The van der Waals surface area contributed by atoms with Gasteiger partial charge in [-0.1, -0.05) is 54.1 Å². The Morgan fingerprint density at radius 3 is 2.13 bits per heavy atom. The van der Waals surface area contributed by atoms with Gasteiger partial charge in [0.05, 0.1) is 0 Å². The molecule has 0 fully saturated rings. The number of carbonyl (C=O) groups is 2. The van der Waals surface area contributed by atoms with Crippen LogP contribution in [-0.4, -0.2) is 28.5 Å². The molecule has 0 saturated carbocycles. The van der Waals surface area contributed by atoms with Crippen LogP contribution < -0.4 is 11.1 Å². The van der Waals surface area contributed by atoms with Crippen molar-refractivity contribution < 1.29 is 14.7 Å². The summed E-state index contributed by atoms with van der Waals surface area (Å²) in [6.07, 6.45) is 6.78. The number of aliphatic carboxylic acids is 1. The predicted molar refractivity (Wildman–Crippen MR) is 156 cm³/mol. The molecule has 6 nitrogen and oxygen atoms in total. The summed E-state index contributed by atoms with van der Waals surface area (Å²) in [7, 11) is 0. The van der Waals surface area contributed by atoms with Crippen LogP contribution in [0.5, 0.6) is 0 Å². The lowest BCUT2D eigenvalue weighted by atomic mass is 10.00. The number of rotatable bonds is 9. The smallest absolute Gasteiger partial charge is 0.303 e. The van der Waals surface area contributed by atoms with E-state index in [4.69, 9.17) is 10.8 Å². The van der Waals surface area contributed by atoms with Crippen molar-refractivity contribution in [2.45, 2.75) is 54.4 Å². The lowest BCUT2D eigenvalue weighted by Crippen LogP contribution is -2.14. The van der Waals surface area contributed by atoms with E-state index in [1.54, 1.807) is 6.20 Å². The summed E-state index contributed by atoms with van der Waals surface area (Å²) in [4.78, 5) is 26.0. The number of carboxylic acids is 1. The van der Waals surface area contributed by atoms with Gasteiger partial charge in [-0.25, -0.2) is 4.98 Å². The summed E-state index contributed by atoms with van der Waals surface area (Å²) in [5.74, 6) is -0.235. The van der Waals surface area contributed by atoms with Crippen LogP contribution in [0.1, 0.15) is 64.0 Å². The molecule has 3 aromatic rings. The highest BCUT2D eigenvalue weighted by atomic mass is 16.4. The molecule has 4 N–H and O–H groups in total. The molecule has 0 spiro atoms. The van der Waals surface area contributed by atoms with Crippen LogP contribution in [0.15, 0.2) is 72.5 Å². The molecule has 0 unspecified atom stereocenters. The highest BCUT2D eigenvalue weighted by Gasteiger charge is 2.08. The van der Waals surface area contributed by atoms with Crippen molar-refractivity contribution in [2.24, 2.45) is 5.73 Å². The Bertz CT molecular complexity index is 1300. The molecule has 0 saturated heterocycles. The summed E-state index contributed by atoms with van der Waals surface area (Å²) in [5.41, 5.74) is 14.7. The van der Waals surface area contributed by atoms with Crippen LogP contribution in [0.4, 0.5) is 5.82 Å². The van der Waals surface area contributed by atoms with Crippen molar-refractivity contribution in [2.75, 3.05) is 11.9 Å². The van der Waals surface area contributed by atoms with Gasteiger partial charge in [-0.3, -0.25) is 9.59 Å². The molecule has 6 heteroatoms. The Morgan fingerprint density at radius 2 is 1.61 bits per heavy atom. The molecule has 0 atom stereocenters. The number of hydrogen-bond donors (Lipinski definition) is 3. The van der Waals surface area contributed by atoms with Crippen molar-refractivity contribution in [1.82, 2.24) is 4.98 Å². The minimum atomic E-state index is -0.765. The Kier molecular flexibility index (Phi) is 11.5. The third kappa shape index (κ3) is 9.69. The number of hydrogen-bond acceptors (Lipinski definition) is 4. The van der Waals surface area contributed by atoms with E-state index in [1.165, 1.54) is 16.7 Å². The molecule has 3 rings (SSSR count). The minimum Gasteiger partial charge on any atom is -0.481 e. The number of nitrogens with zero attached hydrogens (tertiary/aromatic N) is 1. The number of carbonyl (C=O) groups excluding carboxylic acids is 1. The quantitative estimate of drug-likeness (QED) is 0.280. The zero-order valence-corrected chi connectivity index (χ0v) is 23.3. The first-order valence-electron chi connectivity index (χ1n) is 12.7. The van der Waals surface area contributed by atoms with E-state index in [0.717, 1.165) is 33.6 Å². The number of pyridine rings is 1. The zero-order chi connectivity index (χ0) is 28.2. The summed E-state index contributed by atoms with van der Waals surface area (Å²) >= 11 is 0. The van der Waals surface area contributed by atoms with Crippen LogP contribution in [0.25, 0.3) is 5.57 Å². The van der Waals surface area contributed by atoms with E-state index in [2.05, 4.69) is 29.4 Å². The molecule has 0 aliphatic carbocycles. The zero-order valence-electron chi connectivity index (χ0n) is 23.3. The average Bonchev–Trinajstić information content (AvgIpc) is 2.85. The van der Waals surface area contributed by atoms with E-state index in [0.29, 0.717) is 18.5 Å². The number of aryl methyl sites for hydroxylation is 5. The lowest BCUT2D eigenvalue weighted by molar-refractivity contribution is -0.136. The molecule has 1 amide bonds. The number of anilines is 1. The number of allylic oxidation sites excluding steroid dienone is 2. The minimum absolute atomic E-state index is 0.162. The number of amides is 1. The van der Waals surface area contributed by atoms with Gasteiger partial charge in [0.1, 0.15) is 5.82 Å². The first kappa shape index (κ1) is 30.0. The maximum absolute atomic E-state index is 11.0. The van der Waals surface area contributed by atoms with Crippen LogP contribution in [0, 0.1) is 27.7 Å². The molecule has 38 heavy (non-hydrogen) atoms. The molecular formula is C32H39N3O3. The van der Waals surface area contributed by atoms with E-state index < -0.39 is 5.97 Å². The van der Waals surface area contributed by atoms with Gasteiger partial charge in [-0.2, -0.15) is 0 Å². The van der Waals surface area contributed by atoms with Gasteiger partial charge < -0.3 is 16.2 Å². The van der Waals surface area contributed by atoms with Crippen molar-refractivity contribution in [3.05, 3.63) is 111 Å². The monoisotopic (exact) mass is 513 g/mol. The predicted octanol–water partition coefficient (Wildman–Crippen LogP) is 6.58. The number of nitrogens with two attached hydrogens (primary N) is 1. The normalized spacial score (nSPS) is 11.4. The molecule has 0 bridgehead atoms. The molecule has 200 valence electrons. The van der Waals surface area contributed by atoms with E-state index >= 15 is 0 Å². The SMILES string of the molecule is C/C=C(\C=C(/C)c1ccc(CCC(=O)O)cc1)CNc1cc(C)ccn1.Cc1cc(C)c(C(N)=O)c(C)c1. The Labute approximate surface area is 226 Å². The van der Waals surface area contributed by atoms with Gasteiger partial charge in [0.15, 0.2) is 0 Å². The Balaban J connectivity index is 0.000000352. The Morgan fingerprint density at radius 1 is 0.974 bits per heavy atom. The van der Waals surface area contributed by atoms with Crippen molar-refractivity contribution in [3.8, 4) is 0 Å². The van der Waals surface area contributed by atoms with Crippen LogP contribution in [0.2, 0.25) is 0 Å². The summed E-state index contributed by atoms with van der Waals surface area (Å²) in [6.45, 7) is 12.7. The van der Waals surface area contributed by atoms with Crippen molar-refractivity contribution in [3.63, 3.8) is 0 Å². The van der Waals surface area contributed by atoms with Gasteiger partial charge in [-0.15, -0.1) is 0 Å². The van der Waals surface area contributed by atoms with Gasteiger partial charge in [0.25, 0.3) is 0 Å². The van der Waals surface area contributed by atoms with Gasteiger partial charge in [0.2, 0.25) is 5.91 Å². The van der Waals surface area contributed by atoms with E-state index in [9.17, 15) is 9.59 Å². The lowest BCUT2D eigenvalue weighted by Gasteiger charge is -2.09. The molecular weight excluding hydrogens is 474 g/mol. The summed E-state index contributed by atoms with van der Waals surface area (Å²) in [5, 5.41) is 12.1. The van der Waals surface area contributed by atoms with Crippen molar-refractivity contribution in [1.29, 1.82) is 0 Å². The van der Waals surface area contributed by atoms with Gasteiger partial charge in [0, 0.05) is 24.7 Å². The molecule has 0 aliphatic rings. The standard InChI is InChI=1S/C22H26N2O2.C10H13NO/c1-4-18(15-24-21-13-16(2)11-12-23-21)14-17(3)20-8-5-19(6-9-20)7-10-22(25)26;1-6-4-7(2)9(10(11)12)8(3)5-6/h4-6,8-9,11-14H,7,10,15H2,1-3H3,(H,23,24)(H,25,26);4-5H,1-3H3,(H2,11,12)/b17-14+,18-4+;. The molecule has 0 aliphatic heterocycles. The number of benzene rings is 2. The second-order valence-corrected chi connectivity index (χ2v) is 9.49. The largest absolute Gasteiger partial charge is 0.481 e. The van der Waals surface area contributed by atoms with Gasteiger partial charge in [-0.05, 0) is 99.1 Å². The topological polar surface area (TPSA) is 105 Å². The van der Waals surface area contributed by atoms with Gasteiger partial charge >= 0.3 is 5.97 Å². The average molecular weight is 514 g/mol. The first-order valence-corrected chi connectivity index (χ1v) is 12.7. The first-order chi connectivity index (χ1) is 18.0. The fourth-order valence-corrected chi connectivity index (χ4v) is 4.18. The molecule has 2 aromatic carbocycles. The summed E-state index contributed by atoms with van der Waals surface area (Å²) < 4.78 is 0. The Hall–Kier alpha value is -4.19. The maximum Gasteiger partial charge on any atom is 0.303 e. The highest BCUT2D eigenvalue weighted by molar-refractivity contribution is 5.95. The fraction of sp³-hybridized carbons (Fsp3) is 0.281. The second-order valence-electron chi connectivity index (χ2n) is 9.49. The fourth-order valence-electron chi connectivity index (χ4n) is 4.18. The number of carboxylic acid groups (broad SMARTS) is 1. The van der Waals surface area contributed by atoms with Crippen LogP contribution in [-0.2, 0) is 11.2 Å². The second kappa shape index (κ2) is 14.5. The number of aromatic nitrogens is 1. The van der Waals surface area contributed by atoms with E-state index in [1.807, 2.05) is 83.1 Å². The highest BCUT2D eigenvalue weighted by Crippen LogP contribution is 2.18. The third-order valence-electron chi connectivity index (χ3n) is 6.12. The number of primary amides is 1. The van der Waals surface area contributed by atoms with Crippen LogP contribution >= 0.6 is 0 Å².